The first-order valence-electron chi connectivity index (χ1n) is 4.71. The largest absolute Gasteiger partial charge is 0.327 e. The topological polar surface area (TPSA) is 26.0 Å². The van der Waals surface area contributed by atoms with Gasteiger partial charge in [0.05, 0.1) is 0 Å². The van der Waals surface area contributed by atoms with Gasteiger partial charge in [-0.15, -0.1) is 11.8 Å². The maximum atomic E-state index is 5.93. The van der Waals surface area contributed by atoms with Crippen molar-refractivity contribution in [2.45, 2.75) is 30.2 Å². The quantitative estimate of drug-likeness (QED) is 0.692. The van der Waals surface area contributed by atoms with Crippen molar-refractivity contribution < 1.29 is 0 Å². The molecule has 0 saturated carbocycles. The van der Waals surface area contributed by atoms with Crippen LogP contribution in [0.4, 0.5) is 0 Å². The van der Waals surface area contributed by atoms with Gasteiger partial charge in [-0.1, -0.05) is 12.1 Å². The van der Waals surface area contributed by atoms with Crippen molar-refractivity contribution in [1.29, 1.82) is 0 Å². The minimum atomic E-state index is 0.379. The molecule has 0 aliphatic heterocycles. The van der Waals surface area contributed by atoms with Crippen LogP contribution < -0.4 is 5.73 Å². The zero-order valence-electron chi connectivity index (χ0n) is 7.92. The van der Waals surface area contributed by atoms with Gasteiger partial charge in [0.1, 0.15) is 0 Å². The molecule has 1 aliphatic carbocycles. The monoisotopic (exact) mass is 193 g/mol. The number of thioether (sulfide) groups is 1. The van der Waals surface area contributed by atoms with Crippen LogP contribution in [0, 0.1) is 0 Å². The molecule has 0 saturated heterocycles. The Morgan fingerprint density at radius 3 is 3.08 bits per heavy atom. The number of hydrogen-bond donors (Lipinski definition) is 1. The smallest absolute Gasteiger partial charge is 0.0104 e. The average Bonchev–Trinajstić information content (AvgIpc) is 2.16. The number of fused-ring (bicyclic) bond motifs is 1. The van der Waals surface area contributed by atoms with E-state index in [1.807, 2.05) is 11.8 Å². The lowest BCUT2D eigenvalue weighted by Crippen LogP contribution is -2.28. The third-order valence-corrected chi connectivity index (χ3v) is 3.52. The predicted octanol–water partition coefficient (Wildman–Crippen LogP) is 2.22. The summed E-state index contributed by atoms with van der Waals surface area (Å²) in [6.45, 7) is 0. The van der Waals surface area contributed by atoms with Crippen molar-refractivity contribution >= 4 is 11.8 Å². The molecular formula is C11H15NS. The highest BCUT2D eigenvalue weighted by atomic mass is 32.2. The molecule has 0 bridgehead atoms. The second-order valence-electron chi connectivity index (χ2n) is 3.60. The fraction of sp³-hybridized carbons (Fsp3) is 0.455. The van der Waals surface area contributed by atoms with E-state index in [1.165, 1.54) is 16.0 Å². The summed E-state index contributed by atoms with van der Waals surface area (Å²) in [5.41, 5.74) is 8.94. The molecule has 70 valence electrons. The fourth-order valence-electron chi connectivity index (χ4n) is 1.99. The van der Waals surface area contributed by atoms with Crippen LogP contribution in [0.5, 0.6) is 0 Å². The maximum absolute atomic E-state index is 5.93. The maximum Gasteiger partial charge on any atom is 0.0104 e. The van der Waals surface area contributed by atoms with Gasteiger partial charge < -0.3 is 5.73 Å². The molecule has 1 nitrogen and oxygen atoms in total. The van der Waals surface area contributed by atoms with Gasteiger partial charge in [-0.25, -0.2) is 0 Å². The Hall–Kier alpha value is -0.470. The minimum Gasteiger partial charge on any atom is -0.327 e. The second-order valence-corrected chi connectivity index (χ2v) is 4.45. The normalized spacial score (nSPS) is 21.2. The van der Waals surface area contributed by atoms with Gasteiger partial charge in [0.25, 0.3) is 0 Å². The van der Waals surface area contributed by atoms with Crippen molar-refractivity contribution in [2.24, 2.45) is 5.73 Å². The Kier molecular flexibility index (Phi) is 2.61. The van der Waals surface area contributed by atoms with E-state index in [4.69, 9.17) is 5.73 Å². The predicted molar refractivity (Wildman–Crippen MR) is 58.2 cm³/mol. The minimum absolute atomic E-state index is 0.379. The molecule has 0 fully saturated rings. The summed E-state index contributed by atoms with van der Waals surface area (Å²) in [5.74, 6) is 0. The third-order valence-electron chi connectivity index (χ3n) is 2.70. The van der Waals surface area contributed by atoms with Gasteiger partial charge in [0.2, 0.25) is 0 Å². The van der Waals surface area contributed by atoms with Gasteiger partial charge in [0, 0.05) is 10.9 Å². The Balaban J connectivity index is 2.39. The molecule has 1 aromatic carbocycles. The van der Waals surface area contributed by atoms with E-state index in [-0.39, 0.29) is 0 Å². The Morgan fingerprint density at radius 2 is 2.31 bits per heavy atom. The fourth-order valence-corrected chi connectivity index (χ4v) is 2.69. The van der Waals surface area contributed by atoms with E-state index in [0.29, 0.717) is 6.04 Å². The van der Waals surface area contributed by atoms with Crippen LogP contribution in [0.3, 0.4) is 0 Å². The van der Waals surface area contributed by atoms with Crippen molar-refractivity contribution in [3.8, 4) is 0 Å². The Bertz CT molecular complexity index is 309. The van der Waals surface area contributed by atoms with E-state index in [2.05, 4.69) is 24.5 Å². The van der Waals surface area contributed by atoms with Gasteiger partial charge >= 0.3 is 0 Å². The van der Waals surface area contributed by atoms with E-state index < -0.39 is 0 Å². The van der Waals surface area contributed by atoms with Gasteiger partial charge in [-0.2, -0.15) is 0 Å². The lowest BCUT2D eigenvalue weighted by Gasteiger charge is -2.23. The summed E-state index contributed by atoms with van der Waals surface area (Å²) >= 11 is 1.84. The molecular weight excluding hydrogens is 178 g/mol. The molecule has 13 heavy (non-hydrogen) atoms. The molecule has 0 spiro atoms. The second kappa shape index (κ2) is 3.72. The van der Waals surface area contributed by atoms with Crippen LogP contribution >= 0.6 is 11.8 Å². The molecule has 1 aromatic rings. The Labute approximate surface area is 83.7 Å². The van der Waals surface area contributed by atoms with E-state index in [1.54, 1.807) is 0 Å². The third kappa shape index (κ3) is 1.74. The van der Waals surface area contributed by atoms with Crippen LogP contribution in [-0.2, 0) is 12.8 Å². The highest BCUT2D eigenvalue weighted by Gasteiger charge is 2.17. The summed E-state index contributed by atoms with van der Waals surface area (Å²) in [4.78, 5) is 1.43. The lowest BCUT2D eigenvalue weighted by atomic mass is 9.89. The molecule has 2 heteroatoms. The van der Waals surface area contributed by atoms with Crippen molar-refractivity contribution in [2.75, 3.05) is 6.26 Å². The molecule has 2 rings (SSSR count). The van der Waals surface area contributed by atoms with Crippen LogP contribution in [0.25, 0.3) is 0 Å². The SMILES string of the molecule is CSc1cccc2c1CC[C@H](N)C2. The average molecular weight is 193 g/mol. The van der Waals surface area contributed by atoms with Gasteiger partial charge in [0.15, 0.2) is 0 Å². The van der Waals surface area contributed by atoms with Gasteiger partial charge in [-0.05, 0) is 42.7 Å². The number of hydrogen-bond acceptors (Lipinski definition) is 2. The molecule has 1 aliphatic rings. The molecule has 1 atom stereocenters. The first-order chi connectivity index (χ1) is 6.31. The van der Waals surface area contributed by atoms with Crippen LogP contribution in [-0.4, -0.2) is 12.3 Å². The first-order valence-corrected chi connectivity index (χ1v) is 5.94. The molecule has 0 heterocycles. The molecule has 0 amide bonds. The van der Waals surface area contributed by atoms with Crippen LogP contribution in [0.1, 0.15) is 17.5 Å². The Morgan fingerprint density at radius 1 is 1.46 bits per heavy atom. The van der Waals surface area contributed by atoms with Crippen LogP contribution in [0.2, 0.25) is 0 Å². The zero-order chi connectivity index (χ0) is 9.26. The number of nitrogens with two attached hydrogens (primary N) is 1. The summed E-state index contributed by atoms with van der Waals surface area (Å²) < 4.78 is 0. The van der Waals surface area contributed by atoms with E-state index in [0.717, 1.165) is 19.3 Å². The number of benzene rings is 1. The molecule has 0 aromatic heterocycles. The molecule has 2 N–H and O–H groups in total. The first kappa shape index (κ1) is 9.10. The van der Waals surface area contributed by atoms with Crippen molar-refractivity contribution in [3.05, 3.63) is 29.3 Å². The molecule has 0 radical (unpaired) electrons. The van der Waals surface area contributed by atoms with Gasteiger partial charge in [-0.3, -0.25) is 0 Å². The van der Waals surface area contributed by atoms with E-state index in [9.17, 15) is 0 Å². The summed E-state index contributed by atoms with van der Waals surface area (Å²) in [5, 5.41) is 0. The summed E-state index contributed by atoms with van der Waals surface area (Å²) in [6, 6.07) is 6.95. The van der Waals surface area contributed by atoms with E-state index >= 15 is 0 Å². The zero-order valence-corrected chi connectivity index (χ0v) is 8.73. The van der Waals surface area contributed by atoms with Crippen molar-refractivity contribution in [3.63, 3.8) is 0 Å². The number of rotatable bonds is 1. The highest BCUT2D eigenvalue weighted by molar-refractivity contribution is 7.98. The molecule has 0 unspecified atom stereocenters. The van der Waals surface area contributed by atoms with Crippen molar-refractivity contribution in [1.82, 2.24) is 0 Å². The standard InChI is InChI=1S/C11H15NS/c1-13-11-4-2-3-8-7-9(12)5-6-10(8)11/h2-4,9H,5-7,12H2,1H3/t9-/m0/s1. The lowest BCUT2D eigenvalue weighted by molar-refractivity contribution is 0.571. The summed E-state index contributed by atoms with van der Waals surface area (Å²) in [7, 11) is 0. The highest BCUT2D eigenvalue weighted by Crippen LogP contribution is 2.29. The summed E-state index contributed by atoms with van der Waals surface area (Å²) in [6.07, 6.45) is 5.51. The van der Waals surface area contributed by atoms with Crippen LogP contribution in [0.15, 0.2) is 23.1 Å².